The Bertz CT molecular complexity index is 833. The molecule has 3 aromatic heterocycles. The molecule has 18 heavy (non-hydrogen) atoms. The Morgan fingerprint density at radius 2 is 2.11 bits per heavy atom. The summed E-state index contributed by atoms with van der Waals surface area (Å²) < 4.78 is 0. The number of benzene rings is 1. The van der Waals surface area contributed by atoms with Crippen molar-refractivity contribution in [2.75, 3.05) is 0 Å². The fraction of sp³-hybridized carbons (Fsp3) is 0. The first-order chi connectivity index (χ1) is 8.90. The van der Waals surface area contributed by atoms with E-state index in [-0.39, 0.29) is 0 Å². The zero-order chi connectivity index (χ0) is 11.9. The van der Waals surface area contributed by atoms with E-state index in [1.165, 1.54) is 0 Å². The SMILES string of the molecule is c1csc(-c2cnc3cc4[nH]ncc4cc3n2)c1. The molecule has 4 rings (SSSR count). The molecule has 0 unspecified atom stereocenters. The monoisotopic (exact) mass is 252 g/mol. The maximum absolute atomic E-state index is 4.65. The first-order valence-corrected chi connectivity index (χ1v) is 6.42. The van der Waals surface area contributed by atoms with Crippen molar-refractivity contribution in [1.82, 2.24) is 20.2 Å². The van der Waals surface area contributed by atoms with Crippen LogP contribution < -0.4 is 0 Å². The molecule has 3 heterocycles. The number of hydrogen-bond acceptors (Lipinski definition) is 4. The van der Waals surface area contributed by atoms with Gasteiger partial charge in [-0.2, -0.15) is 5.10 Å². The van der Waals surface area contributed by atoms with E-state index in [9.17, 15) is 0 Å². The molecular weight excluding hydrogens is 244 g/mol. The van der Waals surface area contributed by atoms with Crippen molar-refractivity contribution in [3.63, 3.8) is 0 Å². The van der Waals surface area contributed by atoms with Crippen molar-refractivity contribution in [3.8, 4) is 10.6 Å². The van der Waals surface area contributed by atoms with Gasteiger partial charge in [0.1, 0.15) is 0 Å². The summed E-state index contributed by atoms with van der Waals surface area (Å²) >= 11 is 1.67. The van der Waals surface area contributed by atoms with Gasteiger partial charge in [0, 0.05) is 5.39 Å². The van der Waals surface area contributed by atoms with Crippen LogP contribution in [-0.2, 0) is 0 Å². The maximum Gasteiger partial charge on any atom is 0.0992 e. The molecule has 0 aliphatic heterocycles. The number of hydrogen-bond donors (Lipinski definition) is 1. The standard InChI is InChI=1S/C13H8N4S/c1-2-13(18-3-1)12-7-14-10-5-9-8(6-15-17-9)4-11(10)16-12/h1-7H,(H,15,17). The summed E-state index contributed by atoms with van der Waals surface area (Å²) in [6.45, 7) is 0. The van der Waals surface area contributed by atoms with Gasteiger partial charge >= 0.3 is 0 Å². The Kier molecular flexibility index (Phi) is 1.95. The van der Waals surface area contributed by atoms with Gasteiger partial charge in [-0.3, -0.25) is 10.1 Å². The number of H-pyrrole nitrogens is 1. The zero-order valence-corrected chi connectivity index (χ0v) is 10.1. The fourth-order valence-corrected chi connectivity index (χ4v) is 2.67. The highest BCUT2D eigenvalue weighted by atomic mass is 32.1. The number of aromatic nitrogens is 4. The highest BCUT2D eigenvalue weighted by Crippen LogP contribution is 2.25. The summed E-state index contributed by atoms with van der Waals surface area (Å²) in [6, 6.07) is 8.06. The predicted octanol–water partition coefficient (Wildman–Crippen LogP) is 3.23. The molecule has 0 saturated heterocycles. The zero-order valence-electron chi connectivity index (χ0n) is 9.29. The lowest BCUT2D eigenvalue weighted by Gasteiger charge is -2.00. The average Bonchev–Trinajstić information content (AvgIpc) is 3.06. The molecule has 0 saturated carbocycles. The molecule has 4 aromatic rings. The van der Waals surface area contributed by atoms with Crippen LogP contribution in [0.4, 0.5) is 0 Å². The quantitative estimate of drug-likeness (QED) is 0.566. The van der Waals surface area contributed by atoms with E-state index in [1.54, 1.807) is 17.5 Å². The lowest BCUT2D eigenvalue weighted by Crippen LogP contribution is -1.87. The molecular formula is C13H8N4S. The minimum absolute atomic E-state index is 0.882. The minimum atomic E-state index is 0.882. The molecule has 0 fully saturated rings. The number of nitrogens with zero attached hydrogens (tertiary/aromatic N) is 3. The van der Waals surface area contributed by atoms with E-state index in [2.05, 4.69) is 26.2 Å². The third kappa shape index (κ3) is 1.41. The van der Waals surface area contributed by atoms with Crippen molar-refractivity contribution in [3.05, 3.63) is 42.0 Å². The number of thiophene rings is 1. The summed E-state index contributed by atoms with van der Waals surface area (Å²) in [7, 11) is 0. The molecule has 0 amide bonds. The number of rotatable bonds is 1. The lowest BCUT2D eigenvalue weighted by atomic mass is 10.2. The molecule has 0 bridgehead atoms. The van der Waals surface area contributed by atoms with Crippen LogP contribution in [0.2, 0.25) is 0 Å². The Labute approximate surface area is 106 Å². The fourth-order valence-electron chi connectivity index (χ4n) is 1.99. The second-order valence-corrected chi connectivity index (χ2v) is 4.98. The van der Waals surface area contributed by atoms with Crippen LogP contribution in [0.25, 0.3) is 32.5 Å². The Morgan fingerprint density at radius 3 is 3.00 bits per heavy atom. The van der Waals surface area contributed by atoms with Gasteiger partial charge in [-0.25, -0.2) is 4.98 Å². The largest absolute Gasteiger partial charge is 0.278 e. The molecule has 4 nitrogen and oxygen atoms in total. The van der Waals surface area contributed by atoms with Crippen LogP contribution in [0, 0.1) is 0 Å². The van der Waals surface area contributed by atoms with Gasteiger partial charge in [-0.1, -0.05) is 6.07 Å². The van der Waals surface area contributed by atoms with Crippen molar-refractivity contribution < 1.29 is 0 Å². The van der Waals surface area contributed by atoms with Gasteiger partial charge in [-0.05, 0) is 23.6 Å². The Balaban J connectivity index is 2.01. The smallest absolute Gasteiger partial charge is 0.0992 e. The molecule has 0 spiro atoms. The molecule has 0 aliphatic carbocycles. The van der Waals surface area contributed by atoms with Gasteiger partial charge in [0.15, 0.2) is 0 Å². The van der Waals surface area contributed by atoms with Crippen LogP contribution in [0.3, 0.4) is 0 Å². The lowest BCUT2D eigenvalue weighted by molar-refractivity contribution is 1.12. The van der Waals surface area contributed by atoms with Crippen LogP contribution in [0.5, 0.6) is 0 Å². The minimum Gasteiger partial charge on any atom is -0.278 e. The molecule has 0 aliphatic rings. The van der Waals surface area contributed by atoms with E-state index in [0.29, 0.717) is 0 Å². The topological polar surface area (TPSA) is 54.5 Å². The highest BCUT2D eigenvalue weighted by molar-refractivity contribution is 7.13. The Morgan fingerprint density at radius 1 is 1.11 bits per heavy atom. The summed E-state index contributed by atoms with van der Waals surface area (Å²) in [4.78, 5) is 10.3. The van der Waals surface area contributed by atoms with Gasteiger partial charge in [0.2, 0.25) is 0 Å². The van der Waals surface area contributed by atoms with E-state index in [0.717, 1.165) is 32.5 Å². The third-order valence-corrected chi connectivity index (χ3v) is 3.77. The van der Waals surface area contributed by atoms with E-state index in [4.69, 9.17) is 0 Å². The van der Waals surface area contributed by atoms with Crippen molar-refractivity contribution >= 4 is 33.3 Å². The average molecular weight is 252 g/mol. The summed E-state index contributed by atoms with van der Waals surface area (Å²) in [5.74, 6) is 0. The molecule has 0 radical (unpaired) electrons. The van der Waals surface area contributed by atoms with E-state index < -0.39 is 0 Å². The van der Waals surface area contributed by atoms with Gasteiger partial charge in [0.05, 0.1) is 39.5 Å². The van der Waals surface area contributed by atoms with Crippen molar-refractivity contribution in [2.24, 2.45) is 0 Å². The summed E-state index contributed by atoms with van der Waals surface area (Å²) in [6.07, 6.45) is 3.62. The first-order valence-electron chi connectivity index (χ1n) is 5.54. The normalized spacial score (nSPS) is 11.3. The van der Waals surface area contributed by atoms with Crippen molar-refractivity contribution in [2.45, 2.75) is 0 Å². The van der Waals surface area contributed by atoms with Crippen LogP contribution in [-0.4, -0.2) is 20.2 Å². The summed E-state index contributed by atoms with van der Waals surface area (Å²) in [5.41, 5.74) is 3.68. The predicted molar refractivity (Wildman–Crippen MR) is 72.5 cm³/mol. The van der Waals surface area contributed by atoms with Gasteiger partial charge in [0.25, 0.3) is 0 Å². The second-order valence-electron chi connectivity index (χ2n) is 4.03. The van der Waals surface area contributed by atoms with Crippen LogP contribution >= 0.6 is 11.3 Å². The van der Waals surface area contributed by atoms with E-state index in [1.807, 2.05) is 29.8 Å². The number of fused-ring (bicyclic) bond motifs is 2. The van der Waals surface area contributed by atoms with Crippen LogP contribution in [0.1, 0.15) is 0 Å². The molecule has 86 valence electrons. The van der Waals surface area contributed by atoms with Gasteiger partial charge < -0.3 is 0 Å². The van der Waals surface area contributed by atoms with Crippen molar-refractivity contribution in [1.29, 1.82) is 0 Å². The molecule has 1 N–H and O–H groups in total. The maximum atomic E-state index is 4.65. The van der Waals surface area contributed by atoms with Gasteiger partial charge in [-0.15, -0.1) is 11.3 Å². The third-order valence-electron chi connectivity index (χ3n) is 2.88. The van der Waals surface area contributed by atoms with Crippen LogP contribution in [0.15, 0.2) is 42.0 Å². The Hall–Kier alpha value is -2.27. The first kappa shape index (κ1) is 9.73. The molecule has 1 aromatic carbocycles. The number of nitrogens with one attached hydrogen (secondary N) is 1. The highest BCUT2D eigenvalue weighted by Gasteiger charge is 2.05. The summed E-state index contributed by atoms with van der Waals surface area (Å²) in [5, 5.41) is 10.1. The second kappa shape index (κ2) is 3.61. The number of aromatic amines is 1. The van der Waals surface area contributed by atoms with E-state index >= 15 is 0 Å². The molecule has 0 atom stereocenters. The molecule has 5 heteroatoms.